The Morgan fingerprint density at radius 1 is 1.21 bits per heavy atom. The fraction of sp³-hybridized carbons (Fsp3) is 0.208. The summed E-state index contributed by atoms with van der Waals surface area (Å²) in [5.41, 5.74) is 2.11. The molecule has 33 heavy (non-hydrogen) atoms. The molecule has 0 radical (unpaired) electrons. The first-order valence-corrected chi connectivity index (χ1v) is 11.8. The van der Waals surface area contributed by atoms with Gasteiger partial charge >= 0.3 is 0 Å². The first-order valence-electron chi connectivity index (χ1n) is 10.2. The highest BCUT2D eigenvalue weighted by Crippen LogP contribution is 2.42. The highest BCUT2D eigenvalue weighted by atomic mass is 32.2. The number of nitriles is 1. The molecule has 0 unspecified atom stereocenters. The predicted octanol–water partition coefficient (Wildman–Crippen LogP) is 4.98. The van der Waals surface area contributed by atoms with Crippen molar-refractivity contribution in [1.82, 2.24) is 10.2 Å². The highest BCUT2D eigenvalue weighted by Gasteiger charge is 2.39. The zero-order chi connectivity index (χ0) is 23.4. The predicted molar refractivity (Wildman–Crippen MR) is 129 cm³/mol. The van der Waals surface area contributed by atoms with Crippen LogP contribution in [0.4, 0.5) is 0 Å². The van der Waals surface area contributed by atoms with Crippen LogP contribution in [0.5, 0.6) is 11.5 Å². The second-order valence-electron chi connectivity index (χ2n) is 7.13. The lowest BCUT2D eigenvalue weighted by Gasteiger charge is -2.12. The fourth-order valence-corrected chi connectivity index (χ4v) is 5.25. The van der Waals surface area contributed by atoms with E-state index in [1.807, 2.05) is 31.2 Å². The molecule has 4 rings (SSSR count). The maximum absolute atomic E-state index is 13.0. The number of ketones is 1. The molecule has 2 aromatic carbocycles. The largest absolute Gasteiger partial charge is 0.493 e. The van der Waals surface area contributed by atoms with Gasteiger partial charge in [-0.05, 0) is 36.3 Å². The molecule has 1 N–H and O–H groups in total. The smallest absolute Gasteiger partial charge is 0.186 e. The summed E-state index contributed by atoms with van der Waals surface area (Å²) in [4.78, 5) is 13.5. The number of allylic oxidation sites excluding steroid dienone is 1. The fourth-order valence-electron chi connectivity index (χ4n) is 3.30. The van der Waals surface area contributed by atoms with Crippen molar-refractivity contribution in [1.29, 1.82) is 10.7 Å². The van der Waals surface area contributed by atoms with E-state index in [0.29, 0.717) is 27.0 Å². The van der Waals surface area contributed by atoms with Gasteiger partial charge in [-0.1, -0.05) is 43.0 Å². The Hall–Kier alpha value is -3.48. The summed E-state index contributed by atoms with van der Waals surface area (Å²) >= 11 is 2.53. The quantitative estimate of drug-likeness (QED) is 0.479. The normalized spacial score (nSPS) is 16.8. The van der Waals surface area contributed by atoms with E-state index in [4.69, 9.17) is 14.9 Å². The summed E-state index contributed by atoms with van der Waals surface area (Å²) in [7, 11) is 1.55. The van der Waals surface area contributed by atoms with Crippen molar-refractivity contribution < 1.29 is 14.3 Å². The van der Waals surface area contributed by atoms with Crippen LogP contribution >= 0.6 is 23.1 Å². The van der Waals surface area contributed by atoms with Crippen LogP contribution < -0.4 is 9.47 Å². The van der Waals surface area contributed by atoms with Gasteiger partial charge in [-0.2, -0.15) is 5.26 Å². The summed E-state index contributed by atoms with van der Waals surface area (Å²) in [5.74, 6) is 0.224. The summed E-state index contributed by atoms with van der Waals surface area (Å²) in [5, 5.41) is 27.4. The van der Waals surface area contributed by atoms with E-state index in [9.17, 15) is 10.1 Å². The van der Waals surface area contributed by atoms with Crippen LogP contribution in [0.3, 0.4) is 0 Å². The summed E-state index contributed by atoms with van der Waals surface area (Å²) < 4.78 is 11.4. The molecular formula is C24H20N4O3S2. The van der Waals surface area contributed by atoms with Crippen molar-refractivity contribution in [3.05, 3.63) is 74.1 Å². The number of Topliss-reactive ketones (excluding diaryl/α,β-unsaturated/α-hetero) is 1. The van der Waals surface area contributed by atoms with E-state index >= 15 is 0 Å². The monoisotopic (exact) mass is 476 g/mol. The average Bonchev–Trinajstić information content (AvgIpc) is 3.41. The molecule has 1 aromatic heterocycles. The van der Waals surface area contributed by atoms with Crippen molar-refractivity contribution in [2.75, 3.05) is 7.11 Å². The highest BCUT2D eigenvalue weighted by molar-refractivity contribution is 8.19. The molecule has 0 spiro atoms. The number of ether oxygens (including phenoxy) is 2. The molecule has 166 valence electrons. The first kappa shape index (κ1) is 22.7. The van der Waals surface area contributed by atoms with Crippen molar-refractivity contribution in [2.45, 2.75) is 25.9 Å². The number of carbonyl (C=O) groups is 1. The second-order valence-corrected chi connectivity index (χ2v) is 9.31. The van der Waals surface area contributed by atoms with Gasteiger partial charge in [0.05, 0.1) is 28.7 Å². The Kier molecular flexibility index (Phi) is 6.87. The van der Waals surface area contributed by atoms with Crippen molar-refractivity contribution in [2.24, 2.45) is 0 Å². The minimum atomic E-state index is -0.677. The second kappa shape index (κ2) is 9.98. The van der Waals surface area contributed by atoms with Crippen LogP contribution in [-0.4, -0.2) is 28.1 Å². The Bertz CT molecular complexity index is 1290. The minimum absolute atomic E-state index is 0.142. The summed E-state index contributed by atoms with van der Waals surface area (Å²) in [6.07, 6.45) is 2.50. The number of benzene rings is 2. The number of hydrogen-bond acceptors (Lipinski definition) is 9. The van der Waals surface area contributed by atoms with Crippen molar-refractivity contribution >= 4 is 40.0 Å². The lowest BCUT2D eigenvalue weighted by atomic mass is 10.0. The van der Waals surface area contributed by atoms with E-state index in [1.165, 1.54) is 11.3 Å². The maximum atomic E-state index is 13.0. The van der Waals surface area contributed by atoms with Gasteiger partial charge in [-0.15, -0.1) is 21.5 Å². The van der Waals surface area contributed by atoms with Gasteiger partial charge in [0.25, 0.3) is 0 Å². The maximum Gasteiger partial charge on any atom is 0.186 e. The van der Waals surface area contributed by atoms with Crippen LogP contribution in [0.25, 0.3) is 6.08 Å². The number of carbonyl (C=O) groups excluding carboxylic acids is 1. The molecule has 1 aliphatic rings. The van der Waals surface area contributed by atoms with Gasteiger partial charge in [0.2, 0.25) is 0 Å². The van der Waals surface area contributed by atoms with E-state index in [2.05, 4.69) is 16.3 Å². The van der Waals surface area contributed by atoms with Crippen LogP contribution in [-0.2, 0) is 17.8 Å². The average molecular weight is 477 g/mol. The van der Waals surface area contributed by atoms with Crippen LogP contribution in [0.15, 0.2) is 47.4 Å². The van der Waals surface area contributed by atoms with Crippen LogP contribution in [0.1, 0.15) is 39.5 Å². The number of methoxy groups -OCH3 is 1. The van der Waals surface area contributed by atoms with Gasteiger partial charge in [-0.25, -0.2) is 0 Å². The number of nitrogens with one attached hydrogen (secondary N) is 1. The van der Waals surface area contributed by atoms with E-state index in [0.717, 1.165) is 34.3 Å². The molecule has 1 saturated heterocycles. The van der Waals surface area contributed by atoms with Crippen LogP contribution in [0, 0.1) is 16.7 Å². The van der Waals surface area contributed by atoms with E-state index in [-0.39, 0.29) is 17.4 Å². The lowest BCUT2D eigenvalue weighted by Crippen LogP contribution is -2.11. The van der Waals surface area contributed by atoms with Gasteiger partial charge in [0.15, 0.2) is 17.3 Å². The third kappa shape index (κ3) is 4.82. The van der Waals surface area contributed by atoms with Gasteiger partial charge in [0, 0.05) is 5.56 Å². The molecule has 1 fully saturated rings. The SMILES string of the molecule is CCc1nnc([C@H]2C(=N)S/C(=C\c3ccc(OCc4ccccc4C#N)c(OC)c3)C2=O)s1. The van der Waals surface area contributed by atoms with Gasteiger partial charge < -0.3 is 9.47 Å². The standard InChI is InChI=1S/C24H20N4O3S2/c1-3-20-27-28-24(33-20)21-22(29)19(32-23(21)26)11-14-8-9-17(18(10-14)30-2)31-13-16-7-5-4-6-15(16)12-25/h4-11,21,26H,3,13H2,1-2H3/b19-11-,26-23?/t21-/m1/s1. The summed E-state index contributed by atoms with van der Waals surface area (Å²) in [6.45, 7) is 2.21. The molecule has 0 saturated carbocycles. The Labute approximate surface area is 199 Å². The van der Waals surface area contributed by atoms with E-state index in [1.54, 1.807) is 31.4 Å². The molecule has 0 aliphatic carbocycles. The zero-order valence-electron chi connectivity index (χ0n) is 18.0. The number of thioether (sulfide) groups is 1. The topological polar surface area (TPSA) is 109 Å². The van der Waals surface area contributed by atoms with Crippen LogP contribution in [0.2, 0.25) is 0 Å². The Morgan fingerprint density at radius 2 is 2.03 bits per heavy atom. The number of hydrogen-bond donors (Lipinski definition) is 1. The van der Waals surface area contributed by atoms with E-state index < -0.39 is 5.92 Å². The molecular weight excluding hydrogens is 456 g/mol. The molecule has 1 atom stereocenters. The van der Waals surface area contributed by atoms with Crippen molar-refractivity contribution in [3.63, 3.8) is 0 Å². The third-order valence-electron chi connectivity index (χ3n) is 5.03. The summed E-state index contributed by atoms with van der Waals surface area (Å²) in [6, 6.07) is 14.8. The number of nitrogens with zero attached hydrogens (tertiary/aromatic N) is 3. The zero-order valence-corrected chi connectivity index (χ0v) is 19.6. The third-order valence-corrected chi connectivity index (χ3v) is 7.15. The molecule has 0 bridgehead atoms. The molecule has 3 aromatic rings. The number of aromatic nitrogens is 2. The van der Waals surface area contributed by atoms with Crippen molar-refractivity contribution in [3.8, 4) is 17.6 Å². The Morgan fingerprint density at radius 3 is 2.76 bits per heavy atom. The molecule has 0 amide bonds. The van der Waals surface area contributed by atoms with Gasteiger partial charge in [-0.3, -0.25) is 10.2 Å². The number of rotatable bonds is 7. The lowest BCUT2D eigenvalue weighted by molar-refractivity contribution is -0.114. The minimum Gasteiger partial charge on any atom is -0.493 e. The number of aryl methyl sites for hydroxylation is 1. The molecule has 2 heterocycles. The first-order chi connectivity index (χ1) is 16.0. The Balaban J connectivity index is 1.53. The van der Waals surface area contributed by atoms with Gasteiger partial charge in [0.1, 0.15) is 22.5 Å². The molecule has 7 nitrogen and oxygen atoms in total. The molecule has 9 heteroatoms. The molecule has 1 aliphatic heterocycles.